The molecule has 1 aromatic rings. The number of methoxy groups -OCH3 is 1. The summed E-state index contributed by atoms with van der Waals surface area (Å²) in [6, 6.07) is 8.33. The van der Waals surface area contributed by atoms with Gasteiger partial charge in [-0.05, 0) is 73.2 Å². The van der Waals surface area contributed by atoms with Crippen molar-refractivity contribution < 1.29 is 57.4 Å². The van der Waals surface area contributed by atoms with Gasteiger partial charge in [-0.2, -0.15) is 0 Å². The first-order chi connectivity index (χ1) is 23.9. The van der Waals surface area contributed by atoms with E-state index in [1.54, 1.807) is 78.8 Å². The second kappa shape index (κ2) is 16.3. The molecule has 13 heteroatoms. The summed E-state index contributed by atoms with van der Waals surface area (Å²) < 4.78 is 42.7. The van der Waals surface area contributed by atoms with Gasteiger partial charge in [0.1, 0.15) is 11.9 Å². The third kappa shape index (κ3) is 8.43. The van der Waals surface area contributed by atoms with Gasteiger partial charge in [-0.3, -0.25) is 9.59 Å². The second-order valence-electron chi connectivity index (χ2n) is 15.2. The van der Waals surface area contributed by atoms with Crippen LogP contribution in [0.1, 0.15) is 85.0 Å². The van der Waals surface area contributed by atoms with Crippen LogP contribution in [0.15, 0.2) is 30.3 Å². The van der Waals surface area contributed by atoms with E-state index in [2.05, 4.69) is 0 Å². The van der Waals surface area contributed by atoms with Gasteiger partial charge in [-0.1, -0.05) is 45.9 Å². The number of aliphatic hydroxyl groups excluding tert-OH is 1. The molecule has 0 radical (unpaired) electrons. The third-order valence-corrected chi connectivity index (χ3v) is 11.2. The molecule has 13 nitrogen and oxygen atoms in total. The highest BCUT2D eigenvalue weighted by Gasteiger charge is 2.59. The number of esters is 2. The lowest BCUT2D eigenvalue weighted by Crippen LogP contribution is -2.61. The molecule has 1 aromatic carbocycles. The van der Waals surface area contributed by atoms with Crippen LogP contribution in [0, 0.1) is 23.7 Å². The maximum atomic E-state index is 14.1. The molecule has 14 atom stereocenters. The van der Waals surface area contributed by atoms with E-state index in [9.17, 15) is 24.3 Å². The topological polar surface area (TPSA) is 156 Å². The van der Waals surface area contributed by atoms with Crippen LogP contribution in [0.25, 0.3) is 0 Å². The van der Waals surface area contributed by atoms with E-state index < -0.39 is 89.8 Å². The number of ketones is 1. The standard InChI is InChI=1S/C38H57NO12/c1-12-27-38(8)32(50-36(44)51-38)22(4)28(40)20(2)19-37(7,45-11)31(23(5)29(41)24(6)33(42)47-27)49-35-30(26(39(9)10)18-21(3)46-35)48-34(43)25-16-14-13-15-17-25/h13-17,20-24,26-27,29-32,35,41H,12,18-19H2,1-11H3/t20-,21-,22+,23+,24-,26+,27-,29+,30-,31-,32-,35+,37-,38-/m1/s1. The van der Waals surface area contributed by atoms with Crippen LogP contribution in [0.3, 0.4) is 0 Å². The summed E-state index contributed by atoms with van der Waals surface area (Å²) in [5.41, 5.74) is -2.34. The number of Topliss-reactive ketones (excluding diaryl/α,β-unsaturated/α-hetero) is 1. The molecule has 3 fully saturated rings. The molecule has 0 aliphatic carbocycles. The predicted molar refractivity (Wildman–Crippen MR) is 185 cm³/mol. The SMILES string of the molecule is CC[C@H]1OC(=O)[C@H](C)[C@@H](O)[C@H](C)[C@@H](O[C@@H]2O[C@H](C)C[C@H](N(C)C)[C@H]2OC(=O)c2ccccc2)[C@](C)(OC)C[C@@H](C)C(=O)[C@H](C)[C@H]2OC(=O)O[C@@]21C. The molecule has 51 heavy (non-hydrogen) atoms. The van der Waals surface area contributed by atoms with Crippen molar-refractivity contribution in [1.29, 1.82) is 0 Å². The molecule has 0 amide bonds. The first kappa shape index (κ1) is 40.7. The average molecular weight is 720 g/mol. The minimum atomic E-state index is -1.45. The Morgan fingerprint density at radius 2 is 1.65 bits per heavy atom. The highest BCUT2D eigenvalue weighted by atomic mass is 16.8. The number of aliphatic hydroxyl groups is 1. The number of hydrogen-bond acceptors (Lipinski definition) is 13. The lowest BCUT2D eigenvalue weighted by Gasteiger charge is -2.48. The Morgan fingerprint density at radius 3 is 2.24 bits per heavy atom. The Hall–Kier alpha value is -3.10. The van der Waals surface area contributed by atoms with Crippen LogP contribution in [0.4, 0.5) is 4.79 Å². The Labute approximate surface area is 301 Å². The minimum Gasteiger partial charge on any atom is -0.458 e. The number of fused-ring (bicyclic) bond motifs is 1. The van der Waals surface area contributed by atoms with Gasteiger partial charge in [0.05, 0.1) is 47.4 Å². The molecule has 0 bridgehead atoms. The molecule has 0 aromatic heterocycles. The van der Waals surface area contributed by atoms with Gasteiger partial charge < -0.3 is 43.2 Å². The molecule has 1 N–H and O–H groups in total. The predicted octanol–water partition coefficient (Wildman–Crippen LogP) is 4.56. The van der Waals surface area contributed by atoms with Crippen molar-refractivity contribution in [2.45, 2.75) is 135 Å². The summed E-state index contributed by atoms with van der Waals surface area (Å²) >= 11 is 0. The quantitative estimate of drug-likeness (QED) is 0.309. The van der Waals surface area contributed by atoms with Crippen LogP contribution in [-0.4, -0.2) is 115 Å². The van der Waals surface area contributed by atoms with Crippen LogP contribution >= 0.6 is 0 Å². The number of ether oxygens (including phenoxy) is 7. The fourth-order valence-electron chi connectivity index (χ4n) is 8.08. The number of hydrogen-bond donors (Lipinski definition) is 1. The molecule has 3 aliphatic heterocycles. The van der Waals surface area contributed by atoms with Crippen molar-refractivity contribution in [3.63, 3.8) is 0 Å². The average Bonchev–Trinajstić information content (AvgIpc) is 3.42. The van der Waals surface area contributed by atoms with E-state index in [4.69, 9.17) is 33.2 Å². The third-order valence-electron chi connectivity index (χ3n) is 11.2. The number of nitrogens with zero attached hydrogens (tertiary/aromatic N) is 1. The number of carbonyl (C=O) groups excluding carboxylic acids is 4. The van der Waals surface area contributed by atoms with Crippen molar-refractivity contribution in [3.8, 4) is 0 Å². The zero-order chi connectivity index (χ0) is 38.0. The van der Waals surface area contributed by atoms with Gasteiger partial charge in [0, 0.05) is 18.9 Å². The second-order valence-corrected chi connectivity index (χ2v) is 15.2. The normalized spacial score (nSPS) is 41.2. The van der Waals surface area contributed by atoms with E-state index in [-0.39, 0.29) is 30.8 Å². The zero-order valence-corrected chi connectivity index (χ0v) is 31.8. The molecule has 0 saturated carbocycles. The molecular weight excluding hydrogens is 662 g/mol. The molecular formula is C38H57NO12. The molecule has 3 aliphatic rings. The van der Waals surface area contributed by atoms with Crippen molar-refractivity contribution in [2.24, 2.45) is 23.7 Å². The van der Waals surface area contributed by atoms with Crippen molar-refractivity contribution in [2.75, 3.05) is 21.2 Å². The summed E-state index contributed by atoms with van der Waals surface area (Å²) in [7, 11) is 5.27. The molecule has 0 spiro atoms. The van der Waals surface area contributed by atoms with E-state index >= 15 is 0 Å². The summed E-state index contributed by atoms with van der Waals surface area (Å²) in [5.74, 6) is -4.86. The Morgan fingerprint density at radius 1 is 1.00 bits per heavy atom. The molecule has 0 unspecified atom stereocenters. The van der Waals surface area contributed by atoms with Gasteiger partial charge in [-0.25, -0.2) is 9.59 Å². The van der Waals surface area contributed by atoms with Gasteiger partial charge in [0.25, 0.3) is 0 Å². The Kier molecular flexibility index (Phi) is 13.0. The highest BCUT2D eigenvalue weighted by Crippen LogP contribution is 2.42. The first-order valence-electron chi connectivity index (χ1n) is 18.0. The van der Waals surface area contributed by atoms with Crippen molar-refractivity contribution in [3.05, 3.63) is 35.9 Å². The van der Waals surface area contributed by atoms with Gasteiger partial charge in [0.15, 0.2) is 24.1 Å². The van der Waals surface area contributed by atoms with Crippen LogP contribution in [0.2, 0.25) is 0 Å². The van der Waals surface area contributed by atoms with Gasteiger partial charge >= 0.3 is 18.1 Å². The Balaban J connectivity index is 1.78. The maximum absolute atomic E-state index is 14.1. The lowest BCUT2D eigenvalue weighted by molar-refractivity contribution is -0.300. The summed E-state index contributed by atoms with van der Waals surface area (Å²) in [6.45, 7) is 13.8. The number of likely N-dealkylation sites (N-methyl/N-ethyl adjacent to an activating group) is 1. The minimum absolute atomic E-state index is 0.122. The molecule has 4 rings (SSSR count). The maximum Gasteiger partial charge on any atom is 0.509 e. The lowest BCUT2D eigenvalue weighted by atomic mass is 9.74. The van der Waals surface area contributed by atoms with Gasteiger partial charge in [-0.15, -0.1) is 0 Å². The molecule has 3 saturated heterocycles. The zero-order valence-electron chi connectivity index (χ0n) is 31.8. The Bertz CT molecular complexity index is 1390. The highest BCUT2D eigenvalue weighted by molar-refractivity contribution is 5.89. The number of cyclic esters (lactones) is 1. The van der Waals surface area contributed by atoms with E-state index in [1.165, 1.54) is 7.11 Å². The van der Waals surface area contributed by atoms with E-state index in [0.29, 0.717) is 12.0 Å². The number of benzene rings is 1. The van der Waals surface area contributed by atoms with Crippen molar-refractivity contribution >= 4 is 23.9 Å². The fraction of sp³-hybridized carbons (Fsp3) is 0.737. The van der Waals surface area contributed by atoms with Gasteiger partial charge in [0.2, 0.25) is 0 Å². The largest absolute Gasteiger partial charge is 0.509 e. The smallest absolute Gasteiger partial charge is 0.458 e. The van der Waals surface area contributed by atoms with Crippen LogP contribution < -0.4 is 0 Å². The first-order valence-corrected chi connectivity index (χ1v) is 18.0. The van der Waals surface area contributed by atoms with Crippen molar-refractivity contribution in [1.82, 2.24) is 4.90 Å². The molecule has 3 heterocycles. The number of carbonyl (C=O) groups is 4. The monoisotopic (exact) mass is 719 g/mol. The van der Waals surface area contributed by atoms with Crippen LogP contribution in [0.5, 0.6) is 0 Å². The summed E-state index contributed by atoms with van der Waals surface area (Å²) in [5, 5.41) is 11.9. The summed E-state index contributed by atoms with van der Waals surface area (Å²) in [4.78, 5) is 55.8. The van der Waals surface area contributed by atoms with E-state index in [0.717, 1.165) is 0 Å². The molecule has 286 valence electrons. The van der Waals surface area contributed by atoms with E-state index in [1.807, 2.05) is 25.9 Å². The number of rotatable bonds is 7. The fourth-order valence-corrected chi connectivity index (χ4v) is 8.08. The summed E-state index contributed by atoms with van der Waals surface area (Å²) in [6.07, 6.45) is -6.68. The van der Waals surface area contributed by atoms with Crippen LogP contribution in [-0.2, 0) is 42.7 Å².